The lowest BCUT2D eigenvalue weighted by Gasteiger charge is -2.20. The predicted molar refractivity (Wildman–Crippen MR) is 63.2 cm³/mol. The fourth-order valence-corrected chi connectivity index (χ4v) is 1.54. The molecule has 1 aromatic heterocycles. The first-order chi connectivity index (χ1) is 8.77. The van der Waals surface area contributed by atoms with Crippen LogP contribution in [0.2, 0.25) is 0 Å². The molecule has 0 aliphatic carbocycles. The Labute approximate surface area is 108 Å². The summed E-state index contributed by atoms with van der Waals surface area (Å²) in [5.74, 6) is -0.232. The molecule has 0 bridgehead atoms. The molecule has 5 nitrogen and oxygen atoms in total. The number of pyridine rings is 1. The van der Waals surface area contributed by atoms with Crippen molar-refractivity contribution in [3.8, 4) is 0 Å². The fraction of sp³-hybridized carbons (Fsp3) is 0.545. The molecule has 0 aliphatic rings. The zero-order chi connectivity index (χ0) is 14.6. The predicted octanol–water partition coefficient (Wildman–Crippen LogP) is 0.686. The van der Waals surface area contributed by atoms with E-state index in [1.54, 1.807) is 7.05 Å². The number of nitrogens with two attached hydrogens (primary N) is 1. The molecule has 2 unspecified atom stereocenters. The molecular formula is C11H16F3N3O2. The summed E-state index contributed by atoms with van der Waals surface area (Å²) in [6.45, 7) is 0.407. The number of hydrogen-bond acceptors (Lipinski definition) is 5. The second-order valence-corrected chi connectivity index (χ2v) is 4.10. The molecule has 1 aromatic rings. The molecule has 19 heavy (non-hydrogen) atoms. The Morgan fingerprint density at radius 1 is 1.42 bits per heavy atom. The lowest BCUT2D eigenvalue weighted by Crippen LogP contribution is -2.24. The van der Waals surface area contributed by atoms with Crippen molar-refractivity contribution in [2.75, 3.05) is 19.3 Å². The summed E-state index contributed by atoms with van der Waals surface area (Å²) < 4.78 is 37.6. The molecule has 0 amide bonds. The largest absolute Gasteiger partial charge is 0.417 e. The molecule has 5 N–H and O–H groups in total. The van der Waals surface area contributed by atoms with E-state index in [1.165, 1.54) is 0 Å². The van der Waals surface area contributed by atoms with E-state index in [9.17, 15) is 23.4 Å². The van der Waals surface area contributed by atoms with Crippen molar-refractivity contribution in [3.63, 3.8) is 0 Å². The van der Waals surface area contributed by atoms with Gasteiger partial charge in [0.25, 0.3) is 0 Å². The third-order valence-electron chi connectivity index (χ3n) is 2.65. The Kier molecular flexibility index (Phi) is 5.10. The molecule has 0 spiro atoms. The van der Waals surface area contributed by atoms with Gasteiger partial charge < -0.3 is 21.3 Å². The van der Waals surface area contributed by atoms with Gasteiger partial charge in [-0.3, -0.25) is 0 Å². The van der Waals surface area contributed by atoms with Gasteiger partial charge in [0.1, 0.15) is 11.9 Å². The number of nitrogens with zero attached hydrogens (tertiary/aromatic N) is 1. The van der Waals surface area contributed by atoms with Gasteiger partial charge in [-0.15, -0.1) is 0 Å². The maximum absolute atomic E-state index is 12.5. The summed E-state index contributed by atoms with van der Waals surface area (Å²) in [6, 6.07) is 0.704. The van der Waals surface area contributed by atoms with Gasteiger partial charge in [-0.05, 0) is 26.1 Å². The van der Waals surface area contributed by atoms with Crippen molar-refractivity contribution in [3.05, 3.63) is 23.4 Å². The number of anilines is 1. The van der Waals surface area contributed by atoms with Gasteiger partial charge in [0.05, 0.1) is 11.7 Å². The minimum absolute atomic E-state index is 0.174. The molecular weight excluding hydrogens is 263 g/mol. The van der Waals surface area contributed by atoms with Crippen LogP contribution in [-0.4, -0.2) is 34.9 Å². The number of aliphatic hydroxyl groups excluding tert-OH is 2. The zero-order valence-electron chi connectivity index (χ0n) is 10.3. The highest BCUT2D eigenvalue weighted by molar-refractivity contribution is 5.43. The van der Waals surface area contributed by atoms with Crippen LogP contribution < -0.4 is 11.1 Å². The highest BCUT2D eigenvalue weighted by atomic mass is 19.4. The number of halogens is 3. The third kappa shape index (κ3) is 4.05. The summed E-state index contributed by atoms with van der Waals surface area (Å²) in [5, 5.41) is 22.2. The van der Waals surface area contributed by atoms with Crippen molar-refractivity contribution in [1.29, 1.82) is 0 Å². The Morgan fingerprint density at radius 2 is 2.05 bits per heavy atom. The van der Waals surface area contributed by atoms with Crippen LogP contribution in [0.4, 0.5) is 19.0 Å². The average molecular weight is 279 g/mol. The van der Waals surface area contributed by atoms with Crippen LogP contribution in [0.15, 0.2) is 12.3 Å². The lowest BCUT2D eigenvalue weighted by atomic mass is 10.0. The number of hydrogen-bond donors (Lipinski definition) is 4. The van der Waals surface area contributed by atoms with Crippen LogP contribution in [-0.2, 0) is 6.18 Å². The smallest absolute Gasteiger partial charge is 0.390 e. The van der Waals surface area contributed by atoms with Crippen LogP contribution in [0, 0.1) is 0 Å². The Hall–Kier alpha value is -1.38. The molecule has 1 rings (SSSR count). The first-order valence-corrected chi connectivity index (χ1v) is 5.60. The average Bonchev–Trinajstić information content (AvgIpc) is 2.34. The van der Waals surface area contributed by atoms with E-state index in [2.05, 4.69) is 10.3 Å². The minimum atomic E-state index is -4.58. The number of nitrogen functional groups attached to an aromatic ring is 1. The summed E-state index contributed by atoms with van der Waals surface area (Å²) in [5.41, 5.74) is 4.19. The van der Waals surface area contributed by atoms with E-state index in [4.69, 9.17) is 5.73 Å². The van der Waals surface area contributed by atoms with Gasteiger partial charge in [0.15, 0.2) is 0 Å². The molecule has 108 valence electrons. The van der Waals surface area contributed by atoms with Crippen LogP contribution in [0.25, 0.3) is 0 Å². The van der Waals surface area contributed by atoms with Crippen LogP contribution in [0.5, 0.6) is 0 Å². The quantitative estimate of drug-likeness (QED) is 0.636. The number of rotatable bonds is 5. The molecule has 0 aliphatic heterocycles. The first-order valence-electron chi connectivity index (χ1n) is 5.60. The third-order valence-corrected chi connectivity index (χ3v) is 2.65. The Balaban J connectivity index is 2.98. The minimum Gasteiger partial charge on any atom is -0.390 e. The van der Waals surface area contributed by atoms with Crippen molar-refractivity contribution in [2.24, 2.45) is 0 Å². The second kappa shape index (κ2) is 6.18. The van der Waals surface area contributed by atoms with Gasteiger partial charge in [-0.1, -0.05) is 0 Å². The molecule has 0 saturated carbocycles. The maximum Gasteiger partial charge on any atom is 0.417 e. The van der Waals surface area contributed by atoms with Crippen molar-refractivity contribution < 1.29 is 23.4 Å². The summed E-state index contributed by atoms with van der Waals surface area (Å²) in [4.78, 5) is 3.40. The normalized spacial score (nSPS) is 15.3. The van der Waals surface area contributed by atoms with Gasteiger partial charge in [0.2, 0.25) is 0 Å². The molecule has 0 fully saturated rings. The van der Waals surface area contributed by atoms with Crippen molar-refractivity contribution in [2.45, 2.75) is 24.8 Å². The molecule has 1 heterocycles. The number of aromatic nitrogens is 1. The first kappa shape index (κ1) is 15.7. The van der Waals surface area contributed by atoms with Crippen LogP contribution in [0.3, 0.4) is 0 Å². The van der Waals surface area contributed by atoms with Gasteiger partial charge in [0, 0.05) is 11.8 Å². The standard InChI is InChI=1S/C11H16F3N3O2/c1-16-3-2-8(18)9(19)7-4-6(11(12,13)14)5-17-10(7)15/h4-5,8-9,16,18-19H,2-3H2,1H3,(H2,15,17). The topological polar surface area (TPSA) is 91.4 Å². The van der Waals surface area contributed by atoms with Gasteiger partial charge in [-0.2, -0.15) is 13.2 Å². The van der Waals surface area contributed by atoms with E-state index >= 15 is 0 Å². The van der Waals surface area contributed by atoms with E-state index < -0.39 is 23.9 Å². The van der Waals surface area contributed by atoms with E-state index in [1.807, 2.05) is 0 Å². The molecule has 0 aromatic carbocycles. The van der Waals surface area contributed by atoms with Gasteiger partial charge >= 0.3 is 6.18 Å². The van der Waals surface area contributed by atoms with Crippen molar-refractivity contribution >= 4 is 5.82 Å². The zero-order valence-corrected chi connectivity index (χ0v) is 10.3. The monoisotopic (exact) mass is 279 g/mol. The highest BCUT2D eigenvalue weighted by Gasteiger charge is 2.33. The van der Waals surface area contributed by atoms with Crippen LogP contribution >= 0.6 is 0 Å². The van der Waals surface area contributed by atoms with E-state index in [0.29, 0.717) is 18.8 Å². The second-order valence-electron chi connectivity index (χ2n) is 4.10. The lowest BCUT2D eigenvalue weighted by molar-refractivity contribution is -0.138. The van der Waals surface area contributed by atoms with E-state index in [-0.39, 0.29) is 17.8 Å². The summed E-state index contributed by atoms with van der Waals surface area (Å²) >= 11 is 0. The van der Waals surface area contributed by atoms with Crippen molar-refractivity contribution in [1.82, 2.24) is 10.3 Å². The summed E-state index contributed by atoms with van der Waals surface area (Å²) in [7, 11) is 1.65. The molecule has 8 heteroatoms. The van der Waals surface area contributed by atoms with Gasteiger partial charge in [-0.25, -0.2) is 4.98 Å². The summed E-state index contributed by atoms with van der Waals surface area (Å²) in [6.07, 6.45) is -6.55. The Morgan fingerprint density at radius 3 is 2.58 bits per heavy atom. The van der Waals surface area contributed by atoms with Crippen LogP contribution in [0.1, 0.15) is 23.7 Å². The SMILES string of the molecule is CNCCC(O)C(O)c1cc(C(F)(F)F)cnc1N. The van der Waals surface area contributed by atoms with E-state index in [0.717, 1.165) is 0 Å². The molecule has 0 saturated heterocycles. The number of nitrogens with one attached hydrogen (secondary N) is 1. The maximum atomic E-state index is 12.5. The molecule has 2 atom stereocenters. The Bertz CT molecular complexity index is 426. The number of aliphatic hydroxyl groups is 2. The fourth-order valence-electron chi connectivity index (χ4n) is 1.54. The highest BCUT2D eigenvalue weighted by Crippen LogP contribution is 2.32. The number of alkyl halides is 3. The molecule has 0 radical (unpaired) electrons.